The third-order valence-corrected chi connectivity index (χ3v) is 7.07. The molecule has 2 heterocycles. The van der Waals surface area contributed by atoms with Crippen LogP contribution in [-0.4, -0.2) is 20.5 Å². The first kappa shape index (κ1) is 20.6. The van der Waals surface area contributed by atoms with Gasteiger partial charge in [-0.3, -0.25) is 10.1 Å². The molecule has 4 rings (SSSR count). The highest BCUT2D eigenvalue weighted by Crippen LogP contribution is 2.34. The van der Waals surface area contributed by atoms with Gasteiger partial charge in [-0.05, 0) is 49.8 Å². The average molecular weight is 451 g/mol. The number of benzene rings is 1. The van der Waals surface area contributed by atoms with Gasteiger partial charge in [-0.1, -0.05) is 49.4 Å². The number of halogens is 2. The third kappa shape index (κ3) is 4.60. The summed E-state index contributed by atoms with van der Waals surface area (Å²) < 4.78 is 1.72. The largest absolute Gasteiger partial charge is 0.293 e. The molecule has 0 spiro atoms. The van der Waals surface area contributed by atoms with Crippen molar-refractivity contribution < 1.29 is 4.79 Å². The maximum Gasteiger partial charge on any atom is 0.250 e. The Kier molecular flexibility index (Phi) is 6.42. The van der Waals surface area contributed by atoms with E-state index in [0.717, 1.165) is 42.9 Å². The molecule has 1 aliphatic carbocycles. The Morgan fingerprint density at radius 2 is 2.07 bits per heavy atom. The van der Waals surface area contributed by atoms with E-state index in [9.17, 15) is 4.79 Å². The topological polar surface area (TPSA) is 59.3 Å². The number of aromatic nitrogens is 3. The molecule has 0 saturated heterocycles. The van der Waals surface area contributed by atoms with Crippen LogP contribution < -0.4 is 5.32 Å². The van der Waals surface area contributed by atoms with E-state index in [2.05, 4.69) is 22.3 Å². The van der Waals surface area contributed by atoms with Gasteiger partial charge >= 0.3 is 0 Å². The summed E-state index contributed by atoms with van der Waals surface area (Å²) in [6.07, 6.45) is 8.01. The first-order chi connectivity index (χ1) is 14.0. The van der Waals surface area contributed by atoms with E-state index in [1.54, 1.807) is 16.6 Å². The fourth-order valence-electron chi connectivity index (χ4n) is 4.04. The van der Waals surface area contributed by atoms with Crippen molar-refractivity contribution in [3.8, 4) is 11.3 Å². The summed E-state index contributed by atoms with van der Waals surface area (Å²) in [7, 11) is 0. The molecule has 0 radical (unpaired) electrons. The first-order valence-electron chi connectivity index (χ1n) is 10.2. The summed E-state index contributed by atoms with van der Waals surface area (Å²) in [5, 5.41) is 10.5. The maximum atomic E-state index is 12.7. The van der Waals surface area contributed by atoms with Gasteiger partial charge in [0.25, 0.3) is 0 Å². The van der Waals surface area contributed by atoms with E-state index in [-0.39, 0.29) is 11.8 Å². The minimum atomic E-state index is 0.0308. The number of rotatable bonds is 6. The van der Waals surface area contributed by atoms with Crippen molar-refractivity contribution in [2.45, 2.75) is 51.9 Å². The Labute approximate surface area is 184 Å². The van der Waals surface area contributed by atoms with Gasteiger partial charge in [0.15, 0.2) is 0 Å². The predicted octanol–water partition coefficient (Wildman–Crippen LogP) is 6.70. The Balaban J connectivity index is 1.44. The SMILES string of the molecule is CCCCC1CCC(C(=O)Nc2nc3scc(-c4ccc(Cl)cc4Cl)n3n2)CC1. The molecule has 8 heteroatoms. The quantitative estimate of drug-likeness (QED) is 0.454. The van der Waals surface area contributed by atoms with Crippen molar-refractivity contribution in [1.29, 1.82) is 0 Å². The van der Waals surface area contributed by atoms with Crippen LogP contribution in [0.1, 0.15) is 51.9 Å². The molecule has 3 aromatic rings. The molecule has 1 N–H and O–H groups in total. The second-order valence-corrected chi connectivity index (χ2v) is 9.40. The summed E-state index contributed by atoms with van der Waals surface area (Å²) in [6, 6.07) is 5.37. The number of hydrogen-bond donors (Lipinski definition) is 1. The highest BCUT2D eigenvalue weighted by atomic mass is 35.5. The van der Waals surface area contributed by atoms with E-state index >= 15 is 0 Å². The molecular formula is C21H24Cl2N4OS. The van der Waals surface area contributed by atoms with Gasteiger partial charge in [-0.25, -0.2) is 4.52 Å². The monoisotopic (exact) mass is 450 g/mol. The smallest absolute Gasteiger partial charge is 0.250 e. The third-order valence-electron chi connectivity index (χ3n) is 5.71. The molecule has 154 valence electrons. The van der Waals surface area contributed by atoms with E-state index in [1.807, 2.05) is 11.4 Å². The van der Waals surface area contributed by atoms with Crippen LogP contribution >= 0.6 is 34.5 Å². The molecule has 0 aliphatic heterocycles. The lowest BCUT2D eigenvalue weighted by atomic mass is 9.79. The molecule has 2 aromatic heterocycles. The van der Waals surface area contributed by atoms with E-state index in [1.165, 1.54) is 30.6 Å². The van der Waals surface area contributed by atoms with Gasteiger partial charge in [-0.15, -0.1) is 16.4 Å². The number of fused-ring (bicyclic) bond motifs is 1. The molecule has 5 nitrogen and oxygen atoms in total. The fourth-order valence-corrected chi connectivity index (χ4v) is 5.36. The van der Waals surface area contributed by atoms with Gasteiger partial charge < -0.3 is 0 Å². The molecule has 1 amide bonds. The first-order valence-corrected chi connectivity index (χ1v) is 11.8. The van der Waals surface area contributed by atoms with Crippen LogP contribution in [0, 0.1) is 11.8 Å². The van der Waals surface area contributed by atoms with Crippen LogP contribution in [-0.2, 0) is 4.79 Å². The summed E-state index contributed by atoms with van der Waals surface area (Å²) >= 11 is 13.8. The molecule has 0 bridgehead atoms. The van der Waals surface area contributed by atoms with Gasteiger partial charge in [-0.2, -0.15) is 4.98 Å². The van der Waals surface area contributed by atoms with Crippen LogP contribution in [0.2, 0.25) is 10.0 Å². The Morgan fingerprint density at radius 3 is 2.79 bits per heavy atom. The molecule has 1 fully saturated rings. The Bertz CT molecular complexity index is 1010. The summed E-state index contributed by atoms with van der Waals surface area (Å²) in [4.78, 5) is 17.9. The normalized spacial score (nSPS) is 19.6. The van der Waals surface area contributed by atoms with Crippen molar-refractivity contribution >= 4 is 51.4 Å². The summed E-state index contributed by atoms with van der Waals surface area (Å²) in [5.74, 6) is 1.21. The molecule has 0 atom stereocenters. The standard InChI is InChI=1S/C21H24Cl2N4OS/c1-2-3-4-13-5-7-14(8-6-13)19(28)24-20-25-21-27(26-20)18(12-29-21)16-10-9-15(22)11-17(16)23/h9-14H,2-8H2,1H3,(H,24,26,28). The highest BCUT2D eigenvalue weighted by Gasteiger charge is 2.27. The summed E-state index contributed by atoms with van der Waals surface area (Å²) in [5.41, 5.74) is 1.66. The van der Waals surface area contributed by atoms with Gasteiger partial charge in [0, 0.05) is 21.9 Å². The average Bonchev–Trinajstić information content (AvgIpc) is 3.27. The van der Waals surface area contributed by atoms with Gasteiger partial charge in [0.1, 0.15) is 0 Å². The summed E-state index contributed by atoms with van der Waals surface area (Å²) in [6.45, 7) is 2.23. The number of nitrogens with one attached hydrogen (secondary N) is 1. The van der Waals surface area contributed by atoms with Crippen LogP contribution in [0.4, 0.5) is 5.95 Å². The molecule has 1 aliphatic rings. The zero-order chi connectivity index (χ0) is 20.4. The number of nitrogens with zero attached hydrogens (tertiary/aromatic N) is 3. The molecule has 1 saturated carbocycles. The number of anilines is 1. The number of hydrogen-bond acceptors (Lipinski definition) is 4. The van der Waals surface area contributed by atoms with Gasteiger partial charge in [0.2, 0.25) is 16.8 Å². The van der Waals surface area contributed by atoms with Crippen molar-refractivity contribution in [3.05, 3.63) is 33.6 Å². The molecule has 0 unspecified atom stereocenters. The van der Waals surface area contributed by atoms with Crippen LogP contribution in [0.15, 0.2) is 23.6 Å². The lowest BCUT2D eigenvalue weighted by molar-refractivity contribution is -0.121. The van der Waals surface area contributed by atoms with Gasteiger partial charge in [0.05, 0.1) is 10.7 Å². The predicted molar refractivity (Wildman–Crippen MR) is 120 cm³/mol. The Morgan fingerprint density at radius 1 is 1.28 bits per heavy atom. The lowest BCUT2D eigenvalue weighted by Gasteiger charge is -2.27. The van der Waals surface area contributed by atoms with E-state index in [0.29, 0.717) is 21.0 Å². The highest BCUT2D eigenvalue weighted by molar-refractivity contribution is 7.15. The van der Waals surface area contributed by atoms with E-state index in [4.69, 9.17) is 23.2 Å². The number of carbonyl (C=O) groups is 1. The Hall–Kier alpha value is -1.63. The zero-order valence-electron chi connectivity index (χ0n) is 16.3. The number of amides is 1. The van der Waals surface area contributed by atoms with Crippen molar-refractivity contribution in [3.63, 3.8) is 0 Å². The second kappa shape index (κ2) is 9.02. The van der Waals surface area contributed by atoms with Crippen molar-refractivity contribution in [2.75, 3.05) is 5.32 Å². The molecular weight excluding hydrogens is 427 g/mol. The van der Waals surface area contributed by atoms with Crippen LogP contribution in [0.5, 0.6) is 0 Å². The molecule has 1 aromatic carbocycles. The minimum Gasteiger partial charge on any atom is -0.293 e. The molecule has 29 heavy (non-hydrogen) atoms. The lowest BCUT2D eigenvalue weighted by Crippen LogP contribution is -2.27. The van der Waals surface area contributed by atoms with Crippen molar-refractivity contribution in [2.24, 2.45) is 11.8 Å². The fraction of sp³-hybridized carbons (Fsp3) is 0.476. The van der Waals surface area contributed by atoms with Crippen molar-refractivity contribution in [1.82, 2.24) is 14.6 Å². The van der Waals surface area contributed by atoms with E-state index < -0.39 is 0 Å². The minimum absolute atomic E-state index is 0.0308. The van der Waals surface area contributed by atoms with Crippen LogP contribution in [0.25, 0.3) is 16.2 Å². The number of carbonyl (C=O) groups excluding carboxylic acids is 1. The van der Waals surface area contributed by atoms with Crippen LogP contribution in [0.3, 0.4) is 0 Å². The second-order valence-electron chi connectivity index (χ2n) is 7.72. The maximum absolute atomic E-state index is 12.7. The zero-order valence-corrected chi connectivity index (χ0v) is 18.7. The number of unbranched alkanes of at least 4 members (excludes halogenated alkanes) is 1. The number of thiazole rings is 1.